The fourth-order valence-electron chi connectivity index (χ4n) is 3.74. The molecule has 0 unspecified atom stereocenters. The van der Waals surface area contributed by atoms with Crippen molar-refractivity contribution in [3.63, 3.8) is 0 Å². The van der Waals surface area contributed by atoms with Gasteiger partial charge in [0.15, 0.2) is 0 Å². The smallest absolute Gasteiger partial charge is 0.254 e. The second kappa shape index (κ2) is 7.49. The molecule has 0 spiro atoms. The Bertz CT molecular complexity index is 1130. The lowest BCUT2D eigenvalue weighted by atomic mass is 10.0. The lowest BCUT2D eigenvalue weighted by Crippen LogP contribution is -2.33. The summed E-state index contributed by atoms with van der Waals surface area (Å²) in [4.78, 5) is 23.8. The number of anilines is 1. The molecule has 29 heavy (non-hydrogen) atoms. The first-order valence-electron chi connectivity index (χ1n) is 9.49. The standard InChI is InChI=1S/C22H21N5O2/c1-3-27(13(2)19-6-4-14(9-23)10-25-19)22(28)15-5-7-20-16(8-15)17-11-29-12-18(17)21(24)26-20/h4-8,10,13H,3,11-12H2,1-2H3,(H2,24,26)/t13-/m0/s1. The fraction of sp³-hybridized carbons (Fsp3) is 0.273. The number of ether oxygens (including phenoxy) is 1. The van der Waals surface area contributed by atoms with Crippen LogP contribution in [0.4, 0.5) is 5.82 Å². The second-order valence-electron chi connectivity index (χ2n) is 7.03. The Morgan fingerprint density at radius 2 is 2.10 bits per heavy atom. The van der Waals surface area contributed by atoms with Crippen LogP contribution in [0.25, 0.3) is 10.9 Å². The van der Waals surface area contributed by atoms with Crippen molar-refractivity contribution >= 4 is 22.6 Å². The predicted octanol–water partition coefficient (Wildman–Crippen LogP) is 3.34. The third kappa shape index (κ3) is 3.28. The maximum atomic E-state index is 13.3. The van der Waals surface area contributed by atoms with E-state index >= 15 is 0 Å². The highest BCUT2D eigenvalue weighted by molar-refractivity contribution is 5.99. The highest BCUT2D eigenvalue weighted by Crippen LogP contribution is 2.32. The molecule has 0 saturated carbocycles. The van der Waals surface area contributed by atoms with Gasteiger partial charge in [0.05, 0.1) is 36.0 Å². The first-order valence-corrected chi connectivity index (χ1v) is 9.49. The van der Waals surface area contributed by atoms with E-state index in [1.165, 1.54) is 6.20 Å². The predicted molar refractivity (Wildman–Crippen MR) is 109 cm³/mol. The van der Waals surface area contributed by atoms with E-state index in [1.807, 2.05) is 26.0 Å². The SMILES string of the molecule is CCN(C(=O)c1ccc2nc(N)c3c(c2c1)COC3)[C@@H](C)c1ccc(C#N)cn1. The van der Waals surface area contributed by atoms with Crippen molar-refractivity contribution in [2.75, 3.05) is 12.3 Å². The van der Waals surface area contributed by atoms with Crippen LogP contribution in [0.5, 0.6) is 0 Å². The summed E-state index contributed by atoms with van der Waals surface area (Å²) in [5, 5.41) is 9.85. The monoisotopic (exact) mass is 387 g/mol. The molecule has 1 aliphatic heterocycles. The summed E-state index contributed by atoms with van der Waals surface area (Å²) in [6.45, 7) is 5.32. The Morgan fingerprint density at radius 3 is 2.79 bits per heavy atom. The van der Waals surface area contributed by atoms with Crippen molar-refractivity contribution in [3.8, 4) is 6.07 Å². The molecule has 0 aliphatic carbocycles. The molecule has 2 aromatic heterocycles. The van der Waals surface area contributed by atoms with Crippen molar-refractivity contribution in [2.24, 2.45) is 0 Å². The topological polar surface area (TPSA) is 105 Å². The van der Waals surface area contributed by atoms with Crippen LogP contribution in [-0.2, 0) is 18.0 Å². The Balaban J connectivity index is 1.69. The summed E-state index contributed by atoms with van der Waals surface area (Å²) < 4.78 is 5.54. The van der Waals surface area contributed by atoms with Gasteiger partial charge in [-0.1, -0.05) is 0 Å². The van der Waals surface area contributed by atoms with Gasteiger partial charge in [-0.15, -0.1) is 0 Å². The van der Waals surface area contributed by atoms with Gasteiger partial charge in [0.2, 0.25) is 0 Å². The van der Waals surface area contributed by atoms with Gasteiger partial charge in [-0.3, -0.25) is 9.78 Å². The van der Waals surface area contributed by atoms with Gasteiger partial charge in [0.1, 0.15) is 11.9 Å². The molecule has 1 aromatic carbocycles. The molecule has 0 fully saturated rings. The van der Waals surface area contributed by atoms with Crippen LogP contribution in [0.15, 0.2) is 36.5 Å². The molecule has 0 saturated heterocycles. The van der Waals surface area contributed by atoms with Gasteiger partial charge in [-0.2, -0.15) is 5.26 Å². The molecular weight excluding hydrogens is 366 g/mol. The third-order valence-corrected chi connectivity index (χ3v) is 5.39. The number of hydrogen-bond donors (Lipinski definition) is 1. The largest absolute Gasteiger partial charge is 0.383 e. The highest BCUT2D eigenvalue weighted by atomic mass is 16.5. The third-order valence-electron chi connectivity index (χ3n) is 5.39. The summed E-state index contributed by atoms with van der Waals surface area (Å²) in [6.07, 6.45) is 1.53. The number of nitrogen functional groups attached to an aromatic ring is 1. The van der Waals surface area contributed by atoms with E-state index in [2.05, 4.69) is 16.0 Å². The Kier molecular flexibility index (Phi) is 4.87. The van der Waals surface area contributed by atoms with Gasteiger partial charge in [0, 0.05) is 29.3 Å². The molecule has 7 heteroatoms. The van der Waals surface area contributed by atoms with Gasteiger partial charge in [-0.25, -0.2) is 4.98 Å². The number of fused-ring (bicyclic) bond motifs is 3. The van der Waals surface area contributed by atoms with E-state index < -0.39 is 0 Å². The zero-order valence-corrected chi connectivity index (χ0v) is 16.3. The molecule has 0 radical (unpaired) electrons. The molecule has 0 bridgehead atoms. The average Bonchev–Trinajstić information content (AvgIpc) is 3.25. The van der Waals surface area contributed by atoms with Crippen LogP contribution >= 0.6 is 0 Å². The molecule has 4 rings (SSSR count). The number of nitriles is 1. The molecule has 7 nitrogen and oxygen atoms in total. The van der Waals surface area contributed by atoms with Crippen molar-refractivity contribution < 1.29 is 9.53 Å². The second-order valence-corrected chi connectivity index (χ2v) is 7.03. The number of amides is 1. The minimum atomic E-state index is -0.227. The average molecular weight is 387 g/mol. The van der Waals surface area contributed by atoms with Gasteiger partial charge >= 0.3 is 0 Å². The number of rotatable bonds is 4. The Morgan fingerprint density at radius 1 is 1.31 bits per heavy atom. The minimum Gasteiger partial charge on any atom is -0.383 e. The molecular formula is C22H21N5O2. The van der Waals surface area contributed by atoms with Crippen LogP contribution < -0.4 is 5.73 Å². The van der Waals surface area contributed by atoms with Crippen molar-refractivity contribution in [1.82, 2.24) is 14.9 Å². The first-order chi connectivity index (χ1) is 14.0. The first kappa shape index (κ1) is 18.8. The number of carbonyl (C=O) groups is 1. The van der Waals surface area contributed by atoms with Crippen LogP contribution in [0.1, 0.15) is 52.6 Å². The Hall–Kier alpha value is -3.50. The van der Waals surface area contributed by atoms with E-state index in [-0.39, 0.29) is 11.9 Å². The van der Waals surface area contributed by atoms with Crippen LogP contribution in [0.2, 0.25) is 0 Å². The van der Waals surface area contributed by atoms with Gasteiger partial charge < -0.3 is 15.4 Å². The maximum absolute atomic E-state index is 13.3. The number of carbonyl (C=O) groups excluding carboxylic acids is 1. The van der Waals surface area contributed by atoms with E-state index in [4.69, 9.17) is 15.7 Å². The fourth-order valence-corrected chi connectivity index (χ4v) is 3.74. The van der Waals surface area contributed by atoms with Crippen molar-refractivity contribution in [3.05, 3.63) is 64.5 Å². The molecule has 146 valence electrons. The van der Waals surface area contributed by atoms with Gasteiger partial charge in [0.25, 0.3) is 5.91 Å². The normalized spacial score (nSPS) is 13.7. The van der Waals surface area contributed by atoms with Crippen LogP contribution in [0.3, 0.4) is 0 Å². The summed E-state index contributed by atoms with van der Waals surface area (Å²) in [5.74, 6) is 0.400. The lowest BCUT2D eigenvalue weighted by molar-refractivity contribution is 0.0699. The molecule has 3 heterocycles. The molecule has 1 atom stereocenters. The van der Waals surface area contributed by atoms with E-state index in [1.54, 1.807) is 23.1 Å². The summed E-state index contributed by atoms with van der Waals surface area (Å²) in [6, 6.07) is 10.8. The highest BCUT2D eigenvalue weighted by Gasteiger charge is 2.24. The summed E-state index contributed by atoms with van der Waals surface area (Å²) in [5.41, 5.74) is 10.5. The number of pyridine rings is 2. The molecule has 1 aliphatic rings. The number of hydrogen-bond acceptors (Lipinski definition) is 6. The lowest BCUT2D eigenvalue weighted by Gasteiger charge is -2.28. The van der Waals surface area contributed by atoms with E-state index in [0.29, 0.717) is 36.7 Å². The van der Waals surface area contributed by atoms with Crippen LogP contribution in [0, 0.1) is 11.3 Å². The number of aromatic nitrogens is 2. The van der Waals surface area contributed by atoms with Crippen molar-refractivity contribution in [1.29, 1.82) is 5.26 Å². The molecule has 1 amide bonds. The number of nitrogens with two attached hydrogens (primary N) is 1. The molecule has 2 N–H and O–H groups in total. The quantitative estimate of drug-likeness (QED) is 0.736. The zero-order chi connectivity index (χ0) is 20.5. The number of nitrogens with zero attached hydrogens (tertiary/aromatic N) is 4. The van der Waals surface area contributed by atoms with E-state index in [0.717, 1.165) is 27.7 Å². The van der Waals surface area contributed by atoms with Crippen molar-refractivity contribution in [2.45, 2.75) is 33.1 Å². The van der Waals surface area contributed by atoms with Gasteiger partial charge in [-0.05, 0) is 49.7 Å². The minimum absolute atomic E-state index is 0.0856. The zero-order valence-electron chi connectivity index (χ0n) is 16.3. The summed E-state index contributed by atoms with van der Waals surface area (Å²) in [7, 11) is 0. The number of benzene rings is 1. The maximum Gasteiger partial charge on any atom is 0.254 e. The van der Waals surface area contributed by atoms with E-state index in [9.17, 15) is 4.79 Å². The Labute approximate surface area is 168 Å². The molecule has 3 aromatic rings. The van der Waals surface area contributed by atoms with Crippen LogP contribution in [-0.4, -0.2) is 27.3 Å². The summed E-state index contributed by atoms with van der Waals surface area (Å²) >= 11 is 0.